The molecule has 4 nitrogen and oxygen atoms in total. The Morgan fingerprint density at radius 3 is 2.75 bits per heavy atom. The lowest BCUT2D eigenvalue weighted by molar-refractivity contribution is -0.122. The number of benzene rings is 1. The largest absolute Gasteiger partial charge is 0.389 e. The molecule has 0 aliphatic carbocycles. The second-order valence-corrected chi connectivity index (χ2v) is 5.56. The summed E-state index contributed by atoms with van der Waals surface area (Å²) >= 11 is 0. The standard InChI is InChI=1S/C15H21FN2O2/c1-9-3-4-12(15(17)20)8-18(9)14-6-5-11(10(2)19)7-13(14)16/h5-7,9-10,12,19H,3-4,8H2,1-2H3,(H2,17,20). The predicted molar refractivity (Wildman–Crippen MR) is 75.8 cm³/mol. The Bertz CT molecular complexity index is 505. The molecule has 0 aromatic heterocycles. The molecule has 3 unspecified atom stereocenters. The van der Waals surface area contributed by atoms with Crippen LogP contribution < -0.4 is 10.6 Å². The van der Waals surface area contributed by atoms with Gasteiger partial charge in [-0.1, -0.05) is 6.07 Å². The minimum atomic E-state index is -0.698. The first-order valence-electron chi connectivity index (χ1n) is 6.93. The first-order valence-corrected chi connectivity index (χ1v) is 6.93. The van der Waals surface area contributed by atoms with E-state index in [1.807, 2.05) is 11.8 Å². The van der Waals surface area contributed by atoms with Crippen LogP contribution in [0.1, 0.15) is 38.4 Å². The zero-order valence-corrected chi connectivity index (χ0v) is 11.8. The van der Waals surface area contributed by atoms with Crippen LogP contribution in [-0.4, -0.2) is 23.6 Å². The molecule has 2 rings (SSSR count). The summed E-state index contributed by atoms with van der Waals surface area (Å²) in [4.78, 5) is 13.2. The Morgan fingerprint density at radius 1 is 1.50 bits per heavy atom. The molecule has 3 N–H and O–H groups in total. The molecule has 1 fully saturated rings. The first kappa shape index (κ1) is 14.8. The minimum Gasteiger partial charge on any atom is -0.389 e. The minimum absolute atomic E-state index is 0.164. The molecule has 1 aromatic rings. The van der Waals surface area contributed by atoms with Crippen molar-refractivity contribution in [2.24, 2.45) is 11.7 Å². The number of nitrogens with two attached hydrogens (primary N) is 1. The van der Waals surface area contributed by atoms with Crippen LogP contribution in [-0.2, 0) is 4.79 Å². The van der Waals surface area contributed by atoms with Gasteiger partial charge in [0.1, 0.15) is 5.82 Å². The fraction of sp³-hybridized carbons (Fsp3) is 0.533. The van der Waals surface area contributed by atoms with Gasteiger partial charge in [-0.3, -0.25) is 4.79 Å². The number of halogens is 1. The van der Waals surface area contributed by atoms with E-state index in [4.69, 9.17) is 5.73 Å². The van der Waals surface area contributed by atoms with E-state index in [1.165, 1.54) is 6.07 Å². The summed E-state index contributed by atoms with van der Waals surface area (Å²) in [5, 5.41) is 9.47. The number of carbonyl (C=O) groups is 1. The number of hydrogen-bond acceptors (Lipinski definition) is 3. The smallest absolute Gasteiger partial charge is 0.222 e. The number of carbonyl (C=O) groups excluding carboxylic acids is 1. The van der Waals surface area contributed by atoms with Crippen LogP contribution in [0.2, 0.25) is 0 Å². The Balaban J connectivity index is 2.27. The summed E-state index contributed by atoms with van der Waals surface area (Å²) in [6, 6.07) is 4.89. The van der Waals surface area contributed by atoms with Gasteiger partial charge in [0.2, 0.25) is 5.91 Å². The second-order valence-electron chi connectivity index (χ2n) is 5.56. The predicted octanol–water partition coefficient (Wildman–Crippen LogP) is 1.97. The molecular weight excluding hydrogens is 259 g/mol. The Labute approximate surface area is 118 Å². The Kier molecular flexibility index (Phi) is 4.28. The number of aliphatic hydroxyl groups is 1. The van der Waals surface area contributed by atoms with Crippen molar-refractivity contribution in [2.75, 3.05) is 11.4 Å². The maximum absolute atomic E-state index is 14.2. The van der Waals surface area contributed by atoms with Crippen LogP contribution in [0.5, 0.6) is 0 Å². The third-order valence-electron chi connectivity index (χ3n) is 4.05. The summed E-state index contributed by atoms with van der Waals surface area (Å²) in [5.74, 6) is -0.940. The zero-order valence-electron chi connectivity index (χ0n) is 11.8. The molecule has 0 saturated carbocycles. The monoisotopic (exact) mass is 280 g/mol. The highest BCUT2D eigenvalue weighted by Crippen LogP contribution is 2.30. The van der Waals surface area contributed by atoms with Crippen molar-refractivity contribution in [3.8, 4) is 0 Å². The van der Waals surface area contributed by atoms with E-state index in [-0.39, 0.29) is 23.7 Å². The van der Waals surface area contributed by atoms with Crippen molar-refractivity contribution in [3.63, 3.8) is 0 Å². The van der Waals surface area contributed by atoms with Crippen molar-refractivity contribution < 1.29 is 14.3 Å². The van der Waals surface area contributed by atoms with Gasteiger partial charge in [0.05, 0.1) is 17.7 Å². The number of rotatable bonds is 3. The molecule has 1 aliphatic heterocycles. The van der Waals surface area contributed by atoms with Gasteiger partial charge in [-0.05, 0) is 44.4 Å². The number of nitrogens with zero attached hydrogens (tertiary/aromatic N) is 1. The maximum Gasteiger partial charge on any atom is 0.222 e. The van der Waals surface area contributed by atoms with Gasteiger partial charge in [0.25, 0.3) is 0 Å². The van der Waals surface area contributed by atoms with E-state index in [0.717, 1.165) is 12.8 Å². The van der Waals surface area contributed by atoms with Crippen LogP contribution in [0.15, 0.2) is 18.2 Å². The first-order chi connectivity index (χ1) is 9.40. The van der Waals surface area contributed by atoms with Crippen molar-refractivity contribution in [1.29, 1.82) is 0 Å². The number of anilines is 1. The number of hydrogen-bond donors (Lipinski definition) is 2. The molecular formula is C15H21FN2O2. The SMILES string of the molecule is CC(O)c1ccc(N2CC(C(N)=O)CCC2C)c(F)c1. The topological polar surface area (TPSA) is 66.6 Å². The van der Waals surface area contributed by atoms with Crippen LogP contribution in [0.3, 0.4) is 0 Å². The van der Waals surface area contributed by atoms with E-state index in [0.29, 0.717) is 17.8 Å². The highest BCUT2D eigenvalue weighted by Gasteiger charge is 2.30. The third-order valence-corrected chi connectivity index (χ3v) is 4.05. The van der Waals surface area contributed by atoms with Crippen molar-refractivity contribution in [3.05, 3.63) is 29.6 Å². The van der Waals surface area contributed by atoms with Gasteiger partial charge in [0, 0.05) is 12.6 Å². The summed E-state index contributed by atoms with van der Waals surface area (Å²) < 4.78 is 14.2. The molecule has 1 aromatic carbocycles. The lowest BCUT2D eigenvalue weighted by Crippen LogP contribution is -2.46. The normalized spacial score (nSPS) is 24.5. The summed E-state index contributed by atoms with van der Waals surface area (Å²) in [6.07, 6.45) is 0.863. The van der Waals surface area contributed by atoms with Gasteiger partial charge in [0.15, 0.2) is 0 Å². The summed E-state index contributed by atoms with van der Waals surface area (Å²) in [6.45, 7) is 4.06. The molecule has 5 heteroatoms. The van der Waals surface area contributed by atoms with E-state index in [1.54, 1.807) is 19.1 Å². The fourth-order valence-corrected chi connectivity index (χ4v) is 2.69. The van der Waals surface area contributed by atoms with Gasteiger partial charge in [-0.2, -0.15) is 0 Å². The van der Waals surface area contributed by atoms with E-state index in [9.17, 15) is 14.3 Å². The highest BCUT2D eigenvalue weighted by atomic mass is 19.1. The summed E-state index contributed by atoms with van der Waals surface area (Å²) in [5.41, 5.74) is 6.37. The Hall–Kier alpha value is -1.62. The number of amides is 1. The quantitative estimate of drug-likeness (QED) is 0.889. The van der Waals surface area contributed by atoms with Gasteiger partial charge in [-0.25, -0.2) is 4.39 Å². The number of aliphatic hydroxyl groups excluding tert-OH is 1. The maximum atomic E-state index is 14.2. The lowest BCUT2D eigenvalue weighted by atomic mass is 9.92. The third kappa shape index (κ3) is 2.93. The average Bonchev–Trinajstić information content (AvgIpc) is 2.39. The molecule has 3 atom stereocenters. The molecule has 1 saturated heterocycles. The molecule has 1 heterocycles. The molecule has 0 spiro atoms. The molecule has 0 radical (unpaired) electrons. The second kappa shape index (κ2) is 5.79. The molecule has 0 bridgehead atoms. The molecule has 1 amide bonds. The summed E-state index contributed by atoms with van der Waals surface area (Å²) in [7, 11) is 0. The fourth-order valence-electron chi connectivity index (χ4n) is 2.69. The van der Waals surface area contributed by atoms with E-state index < -0.39 is 6.10 Å². The van der Waals surface area contributed by atoms with E-state index >= 15 is 0 Å². The van der Waals surface area contributed by atoms with E-state index in [2.05, 4.69) is 0 Å². The number of primary amides is 1. The highest BCUT2D eigenvalue weighted by molar-refractivity contribution is 5.77. The molecule has 1 aliphatic rings. The zero-order chi connectivity index (χ0) is 14.9. The van der Waals surface area contributed by atoms with Crippen LogP contribution in [0.4, 0.5) is 10.1 Å². The molecule has 20 heavy (non-hydrogen) atoms. The van der Waals surface area contributed by atoms with Crippen molar-refractivity contribution in [2.45, 2.75) is 38.8 Å². The van der Waals surface area contributed by atoms with Crippen molar-refractivity contribution >= 4 is 11.6 Å². The average molecular weight is 280 g/mol. The Morgan fingerprint density at radius 2 is 2.20 bits per heavy atom. The van der Waals surface area contributed by atoms with Gasteiger partial charge < -0.3 is 15.7 Å². The lowest BCUT2D eigenvalue weighted by Gasteiger charge is -2.38. The molecule has 110 valence electrons. The number of piperidine rings is 1. The van der Waals surface area contributed by atoms with Crippen molar-refractivity contribution in [1.82, 2.24) is 0 Å². The van der Waals surface area contributed by atoms with Gasteiger partial charge in [-0.15, -0.1) is 0 Å². The van der Waals surface area contributed by atoms with Crippen LogP contribution in [0, 0.1) is 11.7 Å². The van der Waals surface area contributed by atoms with Crippen LogP contribution >= 0.6 is 0 Å². The van der Waals surface area contributed by atoms with Gasteiger partial charge >= 0.3 is 0 Å². The van der Waals surface area contributed by atoms with Crippen LogP contribution in [0.25, 0.3) is 0 Å².